The van der Waals surface area contributed by atoms with E-state index in [9.17, 15) is 14.7 Å². The number of halogens is 1. The normalized spacial score (nSPS) is 22.8. The molecule has 2 aromatic rings. The average Bonchev–Trinajstić information content (AvgIpc) is 3.64. The predicted octanol–water partition coefficient (Wildman–Crippen LogP) is 1.90. The second kappa shape index (κ2) is 7.60. The first kappa shape index (κ1) is 19.9. The van der Waals surface area contributed by atoms with Gasteiger partial charge in [-0.25, -0.2) is 14.2 Å². The molecule has 164 valence electrons. The Morgan fingerprint density at radius 2 is 2.10 bits per heavy atom. The fourth-order valence-electron chi connectivity index (χ4n) is 4.18. The van der Waals surface area contributed by atoms with E-state index in [0.717, 1.165) is 43.9 Å². The zero-order valence-corrected chi connectivity index (χ0v) is 17.2. The van der Waals surface area contributed by atoms with Crippen LogP contribution in [0.15, 0.2) is 22.2 Å². The second-order valence-electron chi connectivity index (χ2n) is 8.45. The van der Waals surface area contributed by atoms with Crippen molar-refractivity contribution in [3.63, 3.8) is 0 Å². The monoisotopic (exact) mass is 429 g/mol. The molecule has 3 heterocycles. The largest absolute Gasteiger partial charge is 0.477 e. The van der Waals surface area contributed by atoms with Gasteiger partial charge >= 0.3 is 5.97 Å². The number of carbonyl (C=O) groups is 1. The van der Waals surface area contributed by atoms with Crippen LogP contribution in [-0.2, 0) is 4.84 Å². The number of hydrogen-bond donors (Lipinski definition) is 2. The lowest BCUT2D eigenvalue weighted by molar-refractivity contribution is 0.0695. The van der Waals surface area contributed by atoms with Gasteiger partial charge in [-0.15, -0.1) is 0 Å². The minimum atomic E-state index is -1.32. The highest BCUT2D eigenvalue weighted by Gasteiger charge is 2.34. The highest BCUT2D eigenvalue weighted by Crippen LogP contribution is 2.37. The number of fused-ring (bicyclic) bond motifs is 1. The molecule has 9 nitrogen and oxygen atoms in total. The van der Waals surface area contributed by atoms with Gasteiger partial charge in [0.25, 0.3) is 0 Å². The van der Waals surface area contributed by atoms with E-state index < -0.39 is 17.2 Å². The van der Waals surface area contributed by atoms with Crippen LogP contribution in [0.4, 0.5) is 10.2 Å². The zero-order valence-electron chi connectivity index (χ0n) is 17.2. The maximum atomic E-state index is 15.1. The molecule has 2 aliphatic carbocycles. The number of aromatic nitrogens is 2. The van der Waals surface area contributed by atoms with E-state index in [1.54, 1.807) is 9.47 Å². The molecule has 3 aliphatic rings. The van der Waals surface area contributed by atoms with Crippen molar-refractivity contribution in [1.82, 2.24) is 14.9 Å². The van der Waals surface area contributed by atoms with Gasteiger partial charge in [0.2, 0.25) is 5.43 Å². The van der Waals surface area contributed by atoms with Crippen molar-refractivity contribution in [3.05, 3.63) is 33.9 Å². The molecule has 31 heavy (non-hydrogen) atoms. The molecule has 2 aromatic heterocycles. The Bertz CT molecular complexity index is 1140. The van der Waals surface area contributed by atoms with Gasteiger partial charge in [-0.05, 0) is 38.2 Å². The number of aromatic carboxylic acids is 1. The van der Waals surface area contributed by atoms with Crippen LogP contribution in [0.5, 0.6) is 0 Å². The number of carboxylic acid groups (broad SMARTS) is 1. The van der Waals surface area contributed by atoms with Gasteiger partial charge in [-0.2, -0.15) is 0 Å². The lowest BCUT2D eigenvalue weighted by Crippen LogP contribution is -2.51. The van der Waals surface area contributed by atoms with Crippen molar-refractivity contribution >= 4 is 28.5 Å². The number of oxime groups is 1. The standard InChI is InChI=1S/C21H24FN5O4/c1-31-25-17-10-26(7-6-16(17)23-11-2-3-11)20-15(22)8-13-18(28)14(21(29)30)9-27(12-4-5-12)19(13)24-20/h8-9,11-12,16,23H,2-7,10H2,1H3,(H,29,30)/b25-17+. The van der Waals surface area contributed by atoms with Gasteiger partial charge in [0, 0.05) is 24.8 Å². The Hall–Kier alpha value is -3.01. The Balaban J connectivity index is 1.54. The third kappa shape index (κ3) is 3.76. The van der Waals surface area contributed by atoms with E-state index in [2.05, 4.69) is 15.5 Å². The molecule has 0 spiro atoms. The Kier molecular flexibility index (Phi) is 4.88. The highest BCUT2D eigenvalue weighted by atomic mass is 19.1. The van der Waals surface area contributed by atoms with Gasteiger partial charge in [-0.3, -0.25) is 4.79 Å². The fourth-order valence-corrected chi connectivity index (χ4v) is 4.18. The summed E-state index contributed by atoms with van der Waals surface area (Å²) in [5.41, 5.74) is 0.0151. The summed E-state index contributed by atoms with van der Waals surface area (Å²) in [6.45, 7) is 0.929. The molecule has 1 atom stereocenters. The van der Waals surface area contributed by atoms with E-state index in [1.165, 1.54) is 13.3 Å². The Morgan fingerprint density at radius 1 is 1.32 bits per heavy atom. The Morgan fingerprint density at radius 3 is 2.74 bits per heavy atom. The van der Waals surface area contributed by atoms with Gasteiger partial charge in [-0.1, -0.05) is 5.16 Å². The third-order valence-corrected chi connectivity index (χ3v) is 6.08. The molecule has 1 saturated heterocycles. The van der Waals surface area contributed by atoms with Crippen molar-refractivity contribution in [2.75, 3.05) is 25.1 Å². The number of hydrogen-bond acceptors (Lipinski definition) is 7. The summed E-state index contributed by atoms with van der Waals surface area (Å²) >= 11 is 0. The number of rotatable bonds is 6. The first-order valence-electron chi connectivity index (χ1n) is 10.6. The molecular formula is C21H24FN5O4. The number of piperidine rings is 1. The molecule has 1 aliphatic heterocycles. The van der Waals surface area contributed by atoms with Crippen molar-refractivity contribution in [2.45, 2.75) is 50.2 Å². The smallest absolute Gasteiger partial charge is 0.341 e. The number of pyridine rings is 2. The molecule has 2 saturated carbocycles. The second-order valence-corrected chi connectivity index (χ2v) is 8.45. The first-order valence-corrected chi connectivity index (χ1v) is 10.6. The van der Waals surface area contributed by atoms with Crippen LogP contribution in [0.2, 0.25) is 0 Å². The molecule has 0 bridgehead atoms. The number of carboxylic acids is 1. The lowest BCUT2D eigenvalue weighted by atomic mass is 10.0. The summed E-state index contributed by atoms with van der Waals surface area (Å²) in [5.74, 6) is -1.84. The molecule has 0 aromatic carbocycles. The van der Waals surface area contributed by atoms with E-state index in [-0.39, 0.29) is 28.9 Å². The molecule has 0 amide bonds. The van der Waals surface area contributed by atoms with Gasteiger partial charge in [0.05, 0.1) is 23.7 Å². The van der Waals surface area contributed by atoms with Crippen LogP contribution < -0.4 is 15.6 Å². The van der Waals surface area contributed by atoms with E-state index in [1.807, 2.05) is 0 Å². The molecule has 1 unspecified atom stereocenters. The number of nitrogens with one attached hydrogen (secondary N) is 1. The fraction of sp³-hybridized carbons (Fsp3) is 0.524. The van der Waals surface area contributed by atoms with Crippen molar-refractivity contribution < 1.29 is 19.1 Å². The molecule has 2 N–H and O–H groups in total. The summed E-state index contributed by atoms with van der Waals surface area (Å²) < 4.78 is 16.8. The molecule has 10 heteroatoms. The minimum Gasteiger partial charge on any atom is -0.477 e. The first-order chi connectivity index (χ1) is 15.0. The lowest BCUT2D eigenvalue weighted by Gasteiger charge is -2.34. The maximum Gasteiger partial charge on any atom is 0.341 e. The zero-order chi connectivity index (χ0) is 21.7. The van der Waals surface area contributed by atoms with Crippen LogP contribution >= 0.6 is 0 Å². The predicted molar refractivity (Wildman–Crippen MR) is 112 cm³/mol. The molecule has 0 radical (unpaired) electrons. The quantitative estimate of drug-likeness (QED) is 0.675. The summed E-state index contributed by atoms with van der Waals surface area (Å²) in [6.07, 6.45) is 6.10. The summed E-state index contributed by atoms with van der Waals surface area (Å²) in [7, 11) is 1.49. The van der Waals surface area contributed by atoms with Crippen LogP contribution in [-0.4, -0.2) is 58.6 Å². The molecular weight excluding hydrogens is 405 g/mol. The maximum absolute atomic E-state index is 15.1. The van der Waals surface area contributed by atoms with Crippen LogP contribution in [0.25, 0.3) is 11.0 Å². The molecule has 3 fully saturated rings. The average molecular weight is 429 g/mol. The summed E-state index contributed by atoms with van der Waals surface area (Å²) in [6, 6.07) is 1.78. The van der Waals surface area contributed by atoms with E-state index in [0.29, 0.717) is 24.8 Å². The third-order valence-electron chi connectivity index (χ3n) is 6.08. The Labute approximate surface area is 177 Å². The summed E-state index contributed by atoms with van der Waals surface area (Å²) in [4.78, 5) is 35.5. The van der Waals surface area contributed by atoms with Crippen LogP contribution in [0, 0.1) is 5.82 Å². The topological polar surface area (TPSA) is 109 Å². The number of nitrogens with zero attached hydrogens (tertiary/aromatic N) is 4. The van der Waals surface area contributed by atoms with Gasteiger partial charge < -0.3 is 24.7 Å². The van der Waals surface area contributed by atoms with Crippen molar-refractivity contribution in [2.24, 2.45) is 5.16 Å². The van der Waals surface area contributed by atoms with E-state index >= 15 is 4.39 Å². The van der Waals surface area contributed by atoms with Gasteiger partial charge in [0.15, 0.2) is 11.6 Å². The SMILES string of the molecule is CO/N=C1\CN(c2nc3c(cc2F)c(=O)c(C(=O)O)cn3C2CC2)CCC1NC1CC1. The van der Waals surface area contributed by atoms with Crippen LogP contribution in [0.1, 0.15) is 48.5 Å². The van der Waals surface area contributed by atoms with Crippen molar-refractivity contribution in [3.8, 4) is 0 Å². The minimum absolute atomic E-state index is 0.0101. The van der Waals surface area contributed by atoms with Crippen LogP contribution in [0.3, 0.4) is 0 Å². The van der Waals surface area contributed by atoms with Crippen molar-refractivity contribution in [1.29, 1.82) is 0 Å². The number of anilines is 1. The highest BCUT2D eigenvalue weighted by molar-refractivity contribution is 5.95. The summed E-state index contributed by atoms with van der Waals surface area (Å²) in [5, 5.41) is 17.1. The van der Waals surface area contributed by atoms with E-state index in [4.69, 9.17) is 4.84 Å². The molecule has 5 rings (SSSR count). The van der Waals surface area contributed by atoms with Gasteiger partial charge in [0.1, 0.15) is 18.3 Å².